The fourth-order valence-electron chi connectivity index (χ4n) is 3.06. The second-order valence-electron chi connectivity index (χ2n) is 6.26. The van der Waals surface area contributed by atoms with Crippen molar-refractivity contribution in [3.05, 3.63) is 18.2 Å². The maximum atomic E-state index is 12.3. The standard InChI is InChI=1S/C18H29N3O3.ClH/c1-19-7-4-14-5-8-21(9-6-14)13-18(22)20-15-10-16(23-2)12-17(11-15)24-3;/h10-12,14,19H,4-9,13H2,1-3H3,(H,20,22);1H. The number of amides is 1. The third-order valence-corrected chi connectivity index (χ3v) is 4.51. The first-order valence-electron chi connectivity index (χ1n) is 8.54. The molecular formula is C18H30ClN3O3. The molecular weight excluding hydrogens is 342 g/mol. The van der Waals surface area contributed by atoms with Crippen molar-refractivity contribution in [2.24, 2.45) is 5.92 Å². The molecule has 0 bridgehead atoms. The summed E-state index contributed by atoms with van der Waals surface area (Å²) in [6.45, 7) is 3.48. The number of nitrogens with zero attached hydrogens (tertiary/aromatic N) is 1. The molecule has 6 nitrogen and oxygen atoms in total. The van der Waals surface area contributed by atoms with Crippen molar-refractivity contribution >= 4 is 24.0 Å². The van der Waals surface area contributed by atoms with E-state index in [4.69, 9.17) is 9.47 Å². The lowest BCUT2D eigenvalue weighted by Crippen LogP contribution is -2.39. The maximum absolute atomic E-state index is 12.3. The van der Waals surface area contributed by atoms with Crippen LogP contribution in [-0.4, -0.2) is 58.3 Å². The SMILES string of the molecule is CNCCC1CCN(CC(=O)Nc2cc(OC)cc(OC)c2)CC1.Cl. The van der Waals surface area contributed by atoms with E-state index in [1.165, 1.54) is 19.3 Å². The van der Waals surface area contributed by atoms with Crippen LogP contribution in [0.3, 0.4) is 0 Å². The van der Waals surface area contributed by atoms with Gasteiger partial charge in [0.1, 0.15) is 11.5 Å². The Morgan fingerprint density at radius 3 is 2.28 bits per heavy atom. The van der Waals surface area contributed by atoms with Crippen molar-refractivity contribution in [3.63, 3.8) is 0 Å². The number of halogens is 1. The van der Waals surface area contributed by atoms with Crippen LogP contribution in [0, 0.1) is 5.92 Å². The summed E-state index contributed by atoms with van der Waals surface area (Å²) in [7, 11) is 5.18. The lowest BCUT2D eigenvalue weighted by Gasteiger charge is -2.31. The van der Waals surface area contributed by atoms with E-state index >= 15 is 0 Å². The summed E-state index contributed by atoms with van der Waals surface area (Å²) in [5.41, 5.74) is 0.695. The van der Waals surface area contributed by atoms with Crippen molar-refractivity contribution in [1.82, 2.24) is 10.2 Å². The van der Waals surface area contributed by atoms with Crippen LogP contribution in [0.1, 0.15) is 19.3 Å². The van der Waals surface area contributed by atoms with Gasteiger partial charge in [0.2, 0.25) is 5.91 Å². The zero-order valence-corrected chi connectivity index (χ0v) is 16.2. The van der Waals surface area contributed by atoms with Gasteiger partial charge in [-0.15, -0.1) is 12.4 Å². The molecule has 0 radical (unpaired) electrons. The molecule has 0 unspecified atom stereocenters. The van der Waals surface area contributed by atoms with Crippen LogP contribution in [-0.2, 0) is 4.79 Å². The van der Waals surface area contributed by atoms with Gasteiger partial charge in [0.25, 0.3) is 0 Å². The molecule has 0 spiro atoms. The Morgan fingerprint density at radius 2 is 1.76 bits per heavy atom. The van der Waals surface area contributed by atoms with Gasteiger partial charge in [-0.3, -0.25) is 9.69 Å². The number of rotatable bonds is 8. The first kappa shape index (κ1) is 21.5. The summed E-state index contributed by atoms with van der Waals surface area (Å²) in [6, 6.07) is 5.38. The van der Waals surface area contributed by atoms with Gasteiger partial charge in [0.05, 0.1) is 20.8 Å². The first-order valence-corrected chi connectivity index (χ1v) is 8.54. The van der Waals surface area contributed by atoms with Crippen LogP contribution < -0.4 is 20.1 Å². The van der Waals surface area contributed by atoms with Crippen molar-refractivity contribution in [2.45, 2.75) is 19.3 Å². The Kier molecular flexibility index (Phi) is 9.63. The lowest BCUT2D eigenvalue weighted by atomic mass is 9.93. The summed E-state index contributed by atoms with van der Waals surface area (Å²) in [4.78, 5) is 14.5. The number of nitrogens with one attached hydrogen (secondary N) is 2. The highest BCUT2D eigenvalue weighted by Gasteiger charge is 2.20. The molecule has 142 valence electrons. The number of ether oxygens (including phenoxy) is 2. The topological polar surface area (TPSA) is 62.8 Å². The number of benzene rings is 1. The van der Waals surface area contributed by atoms with Gasteiger partial charge in [0, 0.05) is 23.9 Å². The number of carbonyl (C=O) groups excluding carboxylic acids is 1. The lowest BCUT2D eigenvalue weighted by molar-refractivity contribution is -0.117. The predicted molar refractivity (Wildman–Crippen MR) is 103 cm³/mol. The van der Waals surface area contributed by atoms with Gasteiger partial charge in [-0.25, -0.2) is 0 Å². The summed E-state index contributed by atoms with van der Waals surface area (Å²) in [5.74, 6) is 2.10. The Labute approximate surface area is 156 Å². The van der Waals surface area contributed by atoms with Crippen molar-refractivity contribution < 1.29 is 14.3 Å². The normalized spacial score (nSPS) is 15.3. The minimum Gasteiger partial charge on any atom is -0.497 e. The molecule has 0 saturated carbocycles. The number of likely N-dealkylation sites (tertiary alicyclic amines) is 1. The second-order valence-corrected chi connectivity index (χ2v) is 6.26. The van der Waals surface area contributed by atoms with Crippen LogP contribution in [0.25, 0.3) is 0 Å². The fraction of sp³-hybridized carbons (Fsp3) is 0.611. The van der Waals surface area contributed by atoms with Crippen molar-refractivity contribution in [2.75, 3.05) is 52.8 Å². The van der Waals surface area contributed by atoms with E-state index in [0.717, 1.165) is 25.6 Å². The average molecular weight is 372 g/mol. The van der Waals surface area contributed by atoms with E-state index in [9.17, 15) is 4.79 Å². The number of hydrogen-bond acceptors (Lipinski definition) is 5. The number of anilines is 1. The summed E-state index contributed by atoms with van der Waals surface area (Å²) < 4.78 is 10.5. The van der Waals surface area contributed by atoms with Gasteiger partial charge < -0.3 is 20.1 Å². The molecule has 7 heteroatoms. The summed E-state index contributed by atoms with van der Waals surface area (Å²) in [6.07, 6.45) is 3.56. The van der Waals surface area contributed by atoms with E-state index in [1.54, 1.807) is 32.4 Å². The molecule has 1 aromatic carbocycles. The summed E-state index contributed by atoms with van der Waals surface area (Å²) in [5, 5.41) is 6.14. The molecule has 1 saturated heterocycles. The predicted octanol–water partition coefficient (Wildman–Crippen LogP) is 2.39. The molecule has 0 atom stereocenters. The van der Waals surface area contributed by atoms with Crippen molar-refractivity contribution in [3.8, 4) is 11.5 Å². The molecule has 0 aromatic heterocycles. The highest BCUT2D eigenvalue weighted by atomic mass is 35.5. The van der Waals surface area contributed by atoms with E-state index in [1.807, 2.05) is 7.05 Å². The molecule has 1 aromatic rings. The fourth-order valence-corrected chi connectivity index (χ4v) is 3.06. The number of carbonyl (C=O) groups is 1. The quantitative estimate of drug-likeness (QED) is 0.734. The van der Waals surface area contributed by atoms with Crippen LogP contribution in [0.15, 0.2) is 18.2 Å². The van der Waals surface area contributed by atoms with Gasteiger partial charge in [0.15, 0.2) is 0 Å². The third-order valence-electron chi connectivity index (χ3n) is 4.51. The monoisotopic (exact) mass is 371 g/mol. The molecule has 2 rings (SSSR count). The summed E-state index contributed by atoms with van der Waals surface area (Å²) >= 11 is 0. The smallest absolute Gasteiger partial charge is 0.238 e. The van der Waals surface area contributed by atoms with Crippen LogP contribution in [0.2, 0.25) is 0 Å². The zero-order chi connectivity index (χ0) is 17.4. The second kappa shape index (κ2) is 11.2. The van der Waals surface area contributed by atoms with Gasteiger partial charge in [-0.1, -0.05) is 0 Å². The molecule has 1 amide bonds. The minimum atomic E-state index is -0.000944. The van der Waals surface area contributed by atoms with E-state index in [0.29, 0.717) is 23.7 Å². The third kappa shape index (κ3) is 7.10. The van der Waals surface area contributed by atoms with Gasteiger partial charge >= 0.3 is 0 Å². The largest absolute Gasteiger partial charge is 0.497 e. The van der Waals surface area contributed by atoms with Gasteiger partial charge in [-0.05, 0) is 51.9 Å². The molecule has 0 aliphatic carbocycles. The Morgan fingerprint density at radius 1 is 1.16 bits per heavy atom. The molecule has 1 heterocycles. The van der Waals surface area contributed by atoms with Crippen molar-refractivity contribution in [1.29, 1.82) is 0 Å². The first-order chi connectivity index (χ1) is 11.6. The zero-order valence-electron chi connectivity index (χ0n) is 15.3. The van der Waals surface area contributed by atoms with E-state index in [-0.39, 0.29) is 18.3 Å². The average Bonchev–Trinajstić information content (AvgIpc) is 2.60. The molecule has 1 aliphatic rings. The van der Waals surface area contributed by atoms with E-state index < -0.39 is 0 Å². The number of methoxy groups -OCH3 is 2. The Bertz CT molecular complexity index is 512. The Balaban J connectivity index is 0.00000312. The Hall–Kier alpha value is -1.50. The minimum absolute atomic E-state index is 0. The highest BCUT2D eigenvalue weighted by molar-refractivity contribution is 5.92. The number of hydrogen-bond donors (Lipinski definition) is 2. The molecule has 1 fully saturated rings. The van der Waals surface area contributed by atoms with Crippen LogP contribution >= 0.6 is 12.4 Å². The van der Waals surface area contributed by atoms with Gasteiger partial charge in [-0.2, -0.15) is 0 Å². The van der Waals surface area contributed by atoms with Crippen LogP contribution in [0.4, 0.5) is 5.69 Å². The molecule has 25 heavy (non-hydrogen) atoms. The van der Waals surface area contributed by atoms with Crippen LogP contribution in [0.5, 0.6) is 11.5 Å². The molecule has 2 N–H and O–H groups in total. The van der Waals surface area contributed by atoms with E-state index in [2.05, 4.69) is 15.5 Å². The number of piperidine rings is 1. The maximum Gasteiger partial charge on any atom is 0.238 e. The molecule has 1 aliphatic heterocycles. The highest BCUT2D eigenvalue weighted by Crippen LogP contribution is 2.26.